The van der Waals surface area contributed by atoms with E-state index in [1.807, 2.05) is 26.0 Å². The van der Waals surface area contributed by atoms with Gasteiger partial charge in [-0.25, -0.2) is 0 Å². The standard InChI is InChI=1S/C6H11NO2.C2H7N/c1-7-3-6(9)2-5(7)4-8;1-3-2/h4-6,9H,2-3H2,1H3;3H,1-2H3. The van der Waals surface area contributed by atoms with Crippen LogP contribution in [0.15, 0.2) is 0 Å². The quantitative estimate of drug-likeness (QED) is 0.505. The van der Waals surface area contributed by atoms with E-state index in [1.165, 1.54) is 0 Å². The maximum atomic E-state index is 10.2. The summed E-state index contributed by atoms with van der Waals surface area (Å²) < 4.78 is 0. The number of aliphatic hydroxyl groups excluding tert-OH is 1. The van der Waals surface area contributed by atoms with Crippen molar-refractivity contribution in [3.05, 3.63) is 0 Å². The highest BCUT2D eigenvalue weighted by Gasteiger charge is 2.26. The van der Waals surface area contributed by atoms with Gasteiger partial charge < -0.3 is 15.2 Å². The Labute approximate surface area is 73.6 Å². The number of aldehydes is 1. The Bertz CT molecular complexity index is 130. The molecule has 72 valence electrons. The average Bonchev–Trinajstić information content (AvgIpc) is 2.31. The van der Waals surface area contributed by atoms with Gasteiger partial charge in [-0.05, 0) is 27.6 Å². The van der Waals surface area contributed by atoms with Crippen molar-refractivity contribution in [2.24, 2.45) is 0 Å². The molecule has 0 radical (unpaired) electrons. The Balaban J connectivity index is 0.000000354. The number of nitrogens with one attached hydrogen (secondary N) is 1. The lowest BCUT2D eigenvalue weighted by Crippen LogP contribution is -2.25. The van der Waals surface area contributed by atoms with Crippen LogP contribution in [0.1, 0.15) is 6.42 Å². The number of carbonyl (C=O) groups excluding carboxylic acids is 1. The molecule has 0 aliphatic carbocycles. The summed E-state index contributed by atoms with van der Waals surface area (Å²) in [6, 6.07) is -0.0556. The number of carbonyl (C=O) groups is 1. The maximum absolute atomic E-state index is 10.2. The van der Waals surface area contributed by atoms with E-state index in [0.29, 0.717) is 13.0 Å². The summed E-state index contributed by atoms with van der Waals surface area (Å²) in [6.07, 6.45) is 1.18. The first-order valence-electron chi connectivity index (χ1n) is 4.07. The molecule has 1 saturated heterocycles. The molecule has 12 heavy (non-hydrogen) atoms. The summed E-state index contributed by atoms with van der Waals surface area (Å²) in [7, 11) is 5.59. The molecule has 0 saturated carbocycles. The SMILES string of the molecule is CN1CC(O)CC1C=O.CNC. The van der Waals surface area contributed by atoms with E-state index in [9.17, 15) is 4.79 Å². The summed E-state index contributed by atoms with van der Waals surface area (Å²) >= 11 is 0. The maximum Gasteiger partial charge on any atom is 0.137 e. The van der Waals surface area contributed by atoms with Crippen molar-refractivity contribution in [1.29, 1.82) is 0 Å². The topological polar surface area (TPSA) is 52.6 Å². The van der Waals surface area contributed by atoms with Gasteiger partial charge in [-0.1, -0.05) is 0 Å². The molecule has 1 fully saturated rings. The van der Waals surface area contributed by atoms with Crippen LogP contribution in [-0.4, -0.2) is 56.1 Å². The van der Waals surface area contributed by atoms with Crippen LogP contribution in [-0.2, 0) is 4.79 Å². The zero-order chi connectivity index (χ0) is 9.56. The van der Waals surface area contributed by atoms with Crippen molar-refractivity contribution in [2.45, 2.75) is 18.6 Å². The van der Waals surface area contributed by atoms with Crippen molar-refractivity contribution in [2.75, 3.05) is 27.7 Å². The average molecular weight is 174 g/mol. The van der Waals surface area contributed by atoms with Crippen LogP contribution < -0.4 is 5.32 Å². The molecular weight excluding hydrogens is 156 g/mol. The van der Waals surface area contributed by atoms with Gasteiger partial charge in [0.25, 0.3) is 0 Å². The molecule has 1 aliphatic rings. The highest BCUT2D eigenvalue weighted by atomic mass is 16.3. The van der Waals surface area contributed by atoms with Gasteiger partial charge in [0.15, 0.2) is 0 Å². The molecule has 0 aromatic rings. The molecule has 4 nitrogen and oxygen atoms in total. The zero-order valence-corrected chi connectivity index (χ0v) is 7.95. The van der Waals surface area contributed by atoms with E-state index >= 15 is 0 Å². The molecule has 0 aromatic carbocycles. The van der Waals surface area contributed by atoms with E-state index in [-0.39, 0.29) is 12.1 Å². The molecule has 0 amide bonds. The number of hydrogen-bond acceptors (Lipinski definition) is 4. The minimum Gasteiger partial charge on any atom is -0.392 e. The summed E-state index contributed by atoms with van der Waals surface area (Å²) in [6.45, 7) is 0.628. The van der Waals surface area contributed by atoms with Gasteiger partial charge in [-0.2, -0.15) is 0 Å². The van der Waals surface area contributed by atoms with E-state index in [1.54, 1.807) is 0 Å². The van der Waals surface area contributed by atoms with Crippen LogP contribution in [0.4, 0.5) is 0 Å². The third-order valence-corrected chi connectivity index (χ3v) is 1.74. The van der Waals surface area contributed by atoms with Crippen molar-refractivity contribution in [3.63, 3.8) is 0 Å². The first-order chi connectivity index (χ1) is 5.65. The Morgan fingerprint density at radius 2 is 2.08 bits per heavy atom. The van der Waals surface area contributed by atoms with Gasteiger partial charge in [0, 0.05) is 6.54 Å². The number of aliphatic hydroxyl groups is 1. The van der Waals surface area contributed by atoms with E-state index in [2.05, 4.69) is 5.32 Å². The van der Waals surface area contributed by atoms with Crippen LogP contribution in [0, 0.1) is 0 Å². The molecule has 0 spiro atoms. The number of nitrogens with zero attached hydrogens (tertiary/aromatic N) is 1. The monoisotopic (exact) mass is 174 g/mol. The van der Waals surface area contributed by atoms with Gasteiger partial charge in [0.05, 0.1) is 12.1 Å². The minimum atomic E-state index is -0.301. The lowest BCUT2D eigenvalue weighted by atomic mass is 10.2. The van der Waals surface area contributed by atoms with E-state index in [4.69, 9.17) is 5.11 Å². The fraction of sp³-hybridized carbons (Fsp3) is 0.875. The second-order valence-electron chi connectivity index (χ2n) is 3.03. The zero-order valence-electron chi connectivity index (χ0n) is 7.95. The predicted octanol–water partition coefficient (Wildman–Crippen LogP) is -0.914. The molecule has 2 atom stereocenters. The molecular formula is C8H18N2O2. The third-order valence-electron chi connectivity index (χ3n) is 1.74. The third kappa shape index (κ3) is 3.80. The smallest absolute Gasteiger partial charge is 0.137 e. The van der Waals surface area contributed by atoms with Gasteiger partial charge in [-0.15, -0.1) is 0 Å². The second-order valence-corrected chi connectivity index (χ2v) is 3.03. The van der Waals surface area contributed by atoms with Crippen LogP contribution in [0.3, 0.4) is 0 Å². The second kappa shape index (κ2) is 6.11. The molecule has 4 heteroatoms. The molecule has 0 aromatic heterocycles. The summed E-state index contributed by atoms with van der Waals surface area (Å²) in [4.78, 5) is 12.1. The van der Waals surface area contributed by atoms with Crippen molar-refractivity contribution in [1.82, 2.24) is 10.2 Å². The van der Waals surface area contributed by atoms with Gasteiger partial charge >= 0.3 is 0 Å². The highest BCUT2D eigenvalue weighted by molar-refractivity contribution is 5.58. The van der Waals surface area contributed by atoms with Crippen LogP contribution in [0.2, 0.25) is 0 Å². The fourth-order valence-corrected chi connectivity index (χ4v) is 1.16. The van der Waals surface area contributed by atoms with E-state index < -0.39 is 0 Å². The van der Waals surface area contributed by atoms with Crippen LogP contribution in [0.25, 0.3) is 0 Å². The molecule has 1 aliphatic heterocycles. The number of likely N-dealkylation sites (tertiary alicyclic amines) is 1. The van der Waals surface area contributed by atoms with Gasteiger partial charge in [0.1, 0.15) is 6.29 Å². The molecule has 1 rings (SSSR count). The molecule has 2 unspecified atom stereocenters. The lowest BCUT2D eigenvalue weighted by Gasteiger charge is -2.10. The number of β-amino-alcohol motifs (C(OH)–C–C–N with tert-alkyl or cyclic N) is 1. The highest BCUT2D eigenvalue weighted by Crippen LogP contribution is 2.12. The summed E-state index contributed by atoms with van der Waals surface area (Å²) in [5.74, 6) is 0. The number of rotatable bonds is 1. The van der Waals surface area contributed by atoms with Gasteiger partial charge in [-0.3, -0.25) is 4.90 Å². The van der Waals surface area contributed by atoms with E-state index in [0.717, 1.165) is 6.29 Å². The van der Waals surface area contributed by atoms with Crippen LogP contribution >= 0.6 is 0 Å². The predicted molar refractivity (Wildman–Crippen MR) is 48.1 cm³/mol. The Morgan fingerprint density at radius 1 is 1.58 bits per heavy atom. The summed E-state index contributed by atoms with van der Waals surface area (Å²) in [5.41, 5.74) is 0. The van der Waals surface area contributed by atoms with Crippen molar-refractivity contribution in [3.8, 4) is 0 Å². The first kappa shape index (κ1) is 11.6. The first-order valence-corrected chi connectivity index (χ1v) is 4.07. The summed E-state index contributed by atoms with van der Waals surface area (Å²) in [5, 5.41) is 11.8. The van der Waals surface area contributed by atoms with Crippen molar-refractivity contribution >= 4 is 6.29 Å². The molecule has 1 heterocycles. The fourth-order valence-electron chi connectivity index (χ4n) is 1.16. The van der Waals surface area contributed by atoms with Crippen LogP contribution in [0.5, 0.6) is 0 Å². The Morgan fingerprint density at radius 3 is 2.25 bits per heavy atom. The Kier molecular flexibility index (Phi) is 5.88. The van der Waals surface area contributed by atoms with Crippen molar-refractivity contribution < 1.29 is 9.90 Å². The molecule has 2 N–H and O–H groups in total. The number of likely N-dealkylation sites (N-methyl/N-ethyl adjacent to an activating group) is 1. The number of hydrogen-bond donors (Lipinski definition) is 2. The normalized spacial score (nSPS) is 29.3. The largest absolute Gasteiger partial charge is 0.392 e. The molecule has 0 bridgehead atoms. The Hall–Kier alpha value is -0.450. The minimum absolute atomic E-state index is 0.0556. The lowest BCUT2D eigenvalue weighted by molar-refractivity contribution is -0.111. The van der Waals surface area contributed by atoms with Gasteiger partial charge in [0.2, 0.25) is 0 Å².